The number of aryl methyl sites for hydroxylation is 2. The van der Waals surface area contributed by atoms with Crippen LogP contribution in [0.15, 0.2) is 30.5 Å². The van der Waals surface area contributed by atoms with E-state index < -0.39 is 0 Å². The number of aliphatic hydroxyl groups is 1. The minimum absolute atomic E-state index is 0.168. The second-order valence-corrected chi connectivity index (χ2v) is 4.18. The SMILES string of the molecule is CCc1ccc(-n2cc(CCO)c(C)n2)cc1. The highest BCUT2D eigenvalue weighted by molar-refractivity contribution is 5.35. The van der Waals surface area contributed by atoms with E-state index in [4.69, 9.17) is 5.11 Å². The molecule has 17 heavy (non-hydrogen) atoms. The van der Waals surface area contributed by atoms with Gasteiger partial charge in [-0.3, -0.25) is 0 Å². The quantitative estimate of drug-likeness (QED) is 0.875. The fraction of sp³-hybridized carbons (Fsp3) is 0.357. The molecule has 0 amide bonds. The molecule has 0 aliphatic heterocycles. The first-order valence-electron chi connectivity index (χ1n) is 6.00. The lowest BCUT2D eigenvalue weighted by molar-refractivity contribution is 0.299. The summed E-state index contributed by atoms with van der Waals surface area (Å²) in [6.07, 6.45) is 3.71. The first-order valence-corrected chi connectivity index (χ1v) is 6.00. The Morgan fingerprint density at radius 3 is 2.53 bits per heavy atom. The Hall–Kier alpha value is -1.61. The largest absolute Gasteiger partial charge is 0.396 e. The summed E-state index contributed by atoms with van der Waals surface area (Å²) in [5.41, 5.74) is 4.48. The summed E-state index contributed by atoms with van der Waals surface area (Å²) in [5.74, 6) is 0. The van der Waals surface area contributed by atoms with Crippen molar-refractivity contribution in [3.05, 3.63) is 47.3 Å². The van der Waals surface area contributed by atoms with Crippen molar-refractivity contribution in [1.82, 2.24) is 9.78 Å². The lowest BCUT2D eigenvalue weighted by Gasteiger charge is -2.02. The van der Waals surface area contributed by atoms with E-state index in [0.717, 1.165) is 23.4 Å². The molecule has 0 unspecified atom stereocenters. The smallest absolute Gasteiger partial charge is 0.0645 e. The Morgan fingerprint density at radius 2 is 1.94 bits per heavy atom. The molecule has 2 aromatic rings. The monoisotopic (exact) mass is 230 g/mol. The van der Waals surface area contributed by atoms with Gasteiger partial charge in [-0.05, 0) is 43.0 Å². The molecule has 1 N–H and O–H groups in total. The number of aliphatic hydroxyl groups excluding tert-OH is 1. The first-order chi connectivity index (χ1) is 8.24. The van der Waals surface area contributed by atoms with Crippen LogP contribution in [0.25, 0.3) is 5.69 Å². The van der Waals surface area contributed by atoms with Gasteiger partial charge in [-0.1, -0.05) is 19.1 Å². The zero-order valence-corrected chi connectivity index (χ0v) is 10.3. The molecule has 1 aromatic carbocycles. The van der Waals surface area contributed by atoms with E-state index in [0.29, 0.717) is 6.42 Å². The fourth-order valence-electron chi connectivity index (χ4n) is 1.88. The molecule has 3 heteroatoms. The van der Waals surface area contributed by atoms with Crippen molar-refractivity contribution >= 4 is 0 Å². The third kappa shape index (κ3) is 2.56. The van der Waals surface area contributed by atoms with Gasteiger partial charge in [0.2, 0.25) is 0 Å². The van der Waals surface area contributed by atoms with Gasteiger partial charge < -0.3 is 5.11 Å². The fourth-order valence-corrected chi connectivity index (χ4v) is 1.88. The number of nitrogens with zero attached hydrogens (tertiary/aromatic N) is 2. The number of hydrogen-bond acceptors (Lipinski definition) is 2. The zero-order chi connectivity index (χ0) is 12.3. The van der Waals surface area contributed by atoms with Gasteiger partial charge in [0, 0.05) is 12.8 Å². The molecule has 1 aromatic heterocycles. The predicted molar refractivity (Wildman–Crippen MR) is 68.5 cm³/mol. The van der Waals surface area contributed by atoms with Gasteiger partial charge in [-0.15, -0.1) is 0 Å². The minimum atomic E-state index is 0.168. The molecule has 1 heterocycles. The maximum atomic E-state index is 8.96. The summed E-state index contributed by atoms with van der Waals surface area (Å²) in [4.78, 5) is 0. The minimum Gasteiger partial charge on any atom is -0.396 e. The highest BCUT2D eigenvalue weighted by atomic mass is 16.2. The Labute approximate surface area is 102 Å². The lowest BCUT2D eigenvalue weighted by atomic mass is 10.1. The van der Waals surface area contributed by atoms with E-state index in [9.17, 15) is 0 Å². The molecule has 3 nitrogen and oxygen atoms in total. The number of rotatable bonds is 4. The standard InChI is InChI=1S/C14H18N2O/c1-3-12-4-6-14(7-5-12)16-10-13(8-9-17)11(2)15-16/h4-7,10,17H,3,8-9H2,1-2H3. The maximum Gasteiger partial charge on any atom is 0.0645 e. The number of hydrogen-bond donors (Lipinski definition) is 1. The van der Waals surface area contributed by atoms with Gasteiger partial charge in [0.25, 0.3) is 0 Å². The van der Waals surface area contributed by atoms with Crippen molar-refractivity contribution in [2.75, 3.05) is 6.61 Å². The summed E-state index contributed by atoms with van der Waals surface area (Å²) in [7, 11) is 0. The molecule has 2 rings (SSSR count). The molecule has 0 saturated carbocycles. The first kappa shape index (κ1) is 11.9. The topological polar surface area (TPSA) is 38.0 Å². The van der Waals surface area contributed by atoms with Crippen LogP contribution in [0.3, 0.4) is 0 Å². The van der Waals surface area contributed by atoms with Crippen LogP contribution in [-0.4, -0.2) is 21.5 Å². The van der Waals surface area contributed by atoms with Crippen molar-refractivity contribution < 1.29 is 5.11 Å². The molecule has 0 fully saturated rings. The van der Waals surface area contributed by atoms with Crippen molar-refractivity contribution in [2.24, 2.45) is 0 Å². The molecule has 0 aliphatic carbocycles. The zero-order valence-electron chi connectivity index (χ0n) is 10.3. The van der Waals surface area contributed by atoms with Gasteiger partial charge in [0.15, 0.2) is 0 Å². The van der Waals surface area contributed by atoms with Gasteiger partial charge >= 0.3 is 0 Å². The van der Waals surface area contributed by atoms with Crippen molar-refractivity contribution in [3.8, 4) is 5.69 Å². The van der Waals surface area contributed by atoms with E-state index in [2.05, 4.69) is 36.3 Å². The average molecular weight is 230 g/mol. The molecule has 0 radical (unpaired) electrons. The summed E-state index contributed by atoms with van der Waals surface area (Å²) >= 11 is 0. The van der Waals surface area contributed by atoms with Gasteiger partial charge in [0.1, 0.15) is 0 Å². The van der Waals surface area contributed by atoms with Crippen LogP contribution < -0.4 is 0 Å². The summed E-state index contributed by atoms with van der Waals surface area (Å²) in [5, 5.41) is 13.4. The predicted octanol–water partition coefficient (Wildman–Crippen LogP) is 2.28. The Morgan fingerprint density at radius 1 is 1.24 bits per heavy atom. The van der Waals surface area contributed by atoms with Crippen LogP contribution in [0.4, 0.5) is 0 Å². The van der Waals surface area contributed by atoms with Crippen LogP contribution in [-0.2, 0) is 12.8 Å². The van der Waals surface area contributed by atoms with Crippen LogP contribution in [0, 0.1) is 6.92 Å². The lowest BCUT2D eigenvalue weighted by Crippen LogP contribution is -1.95. The van der Waals surface area contributed by atoms with E-state index in [1.807, 2.05) is 17.8 Å². The Balaban J connectivity index is 2.29. The molecule has 0 bridgehead atoms. The highest BCUT2D eigenvalue weighted by Crippen LogP contribution is 2.13. The summed E-state index contributed by atoms with van der Waals surface area (Å²) in [6, 6.07) is 8.40. The molecule has 0 saturated heterocycles. The summed E-state index contributed by atoms with van der Waals surface area (Å²) < 4.78 is 1.87. The van der Waals surface area contributed by atoms with E-state index in [-0.39, 0.29) is 6.61 Å². The second kappa shape index (κ2) is 5.15. The van der Waals surface area contributed by atoms with E-state index >= 15 is 0 Å². The average Bonchev–Trinajstić information content (AvgIpc) is 2.72. The van der Waals surface area contributed by atoms with E-state index in [1.165, 1.54) is 5.56 Å². The number of aromatic nitrogens is 2. The van der Waals surface area contributed by atoms with Gasteiger partial charge in [0.05, 0.1) is 11.4 Å². The molecular weight excluding hydrogens is 212 g/mol. The summed E-state index contributed by atoms with van der Waals surface area (Å²) in [6.45, 7) is 4.29. The Bertz CT molecular complexity index is 485. The highest BCUT2D eigenvalue weighted by Gasteiger charge is 2.05. The van der Waals surface area contributed by atoms with Crippen molar-refractivity contribution in [3.63, 3.8) is 0 Å². The molecule has 0 atom stereocenters. The van der Waals surface area contributed by atoms with Gasteiger partial charge in [-0.2, -0.15) is 5.10 Å². The van der Waals surface area contributed by atoms with Crippen LogP contribution in [0.5, 0.6) is 0 Å². The van der Waals surface area contributed by atoms with Crippen LogP contribution in [0.2, 0.25) is 0 Å². The number of benzene rings is 1. The molecule has 90 valence electrons. The Kier molecular flexibility index (Phi) is 3.59. The van der Waals surface area contributed by atoms with Crippen molar-refractivity contribution in [2.45, 2.75) is 26.7 Å². The third-order valence-corrected chi connectivity index (χ3v) is 2.99. The maximum absolute atomic E-state index is 8.96. The second-order valence-electron chi connectivity index (χ2n) is 4.18. The molecular formula is C14H18N2O. The van der Waals surface area contributed by atoms with Crippen molar-refractivity contribution in [1.29, 1.82) is 0 Å². The molecule has 0 aliphatic rings. The third-order valence-electron chi connectivity index (χ3n) is 2.99. The van der Waals surface area contributed by atoms with E-state index in [1.54, 1.807) is 0 Å². The normalized spacial score (nSPS) is 10.8. The molecule has 0 spiro atoms. The van der Waals surface area contributed by atoms with Crippen LogP contribution >= 0.6 is 0 Å². The van der Waals surface area contributed by atoms with Crippen LogP contribution in [0.1, 0.15) is 23.7 Å². The van der Waals surface area contributed by atoms with Gasteiger partial charge in [-0.25, -0.2) is 4.68 Å².